The maximum Gasteiger partial charge on any atom is 0.268 e. The Bertz CT molecular complexity index is 1140. The fourth-order valence-electron chi connectivity index (χ4n) is 2.71. The number of hydrogen-bond donors (Lipinski definition) is 1. The van der Waals surface area contributed by atoms with Gasteiger partial charge in [-0.3, -0.25) is 4.79 Å². The smallest absolute Gasteiger partial charge is 0.268 e. The van der Waals surface area contributed by atoms with Crippen LogP contribution in [0.25, 0.3) is 11.3 Å². The standard InChI is InChI=1S/C20H21N3O4S2/c1-13-21-18(14-8-6-5-7-9-14)19(28-13)20(24)22-16-12-15(10-11-17(16)27-4)29(25,26)23(2)3/h5-12H,1-4H3,(H,22,24). The fourth-order valence-corrected chi connectivity index (χ4v) is 4.47. The molecule has 3 rings (SSSR count). The number of sulfonamides is 1. The molecule has 0 saturated heterocycles. The molecule has 1 aromatic heterocycles. The molecular formula is C20H21N3O4S2. The van der Waals surface area contributed by atoms with Gasteiger partial charge in [-0.2, -0.15) is 0 Å². The second-order valence-corrected chi connectivity index (χ2v) is 9.74. The van der Waals surface area contributed by atoms with Crippen LogP contribution in [0.4, 0.5) is 5.69 Å². The van der Waals surface area contributed by atoms with E-state index in [1.807, 2.05) is 37.3 Å². The highest BCUT2D eigenvalue weighted by Crippen LogP contribution is 2.32. The molecule has 0 aliphatic heterocycles. The van der Waals surface area contributed by atoms with Crippen molar-refractivity contribution in [1.29, 1.82) is 0 Å². The Morgan fingerprint density at radius 1 is 1.14 bits per heavy atom. The molecule has 0 unspecified atom stereocenters. The molecule has 0 fully saturated rings. The van der Waals surface area contributed by atoms with Crippen LogP contribution in [-0.4, -0.2) is 44.8 Å². The number of ether oxygens (including phenoxy) is 1. The van der Waals surface area contributed by atoms with Crippen molar-refractivity contribution in [3.63, 3.8) is 0 Å². The first kappa shape index (κ1) is 21.0. The minimum atomic E-state index is -3.66. The summed E-state index contributed by atoms with van der Waals surface area (Å²) in [6.45, 7) is 1.83. The Morgan fingerprint density at radius 2 is 1.83 bits per heavy atom. The number of carbonyl (C=O) groups excluding carboxylic acids is 1. The summed E-state index contributed by atoms with van der Waals surface area (Å²) in [6.07, 6.45) is 0. The van der Waals surface area contributed by atoms with Crippen molar-refractivity contribution >= 4 is 33.0 Å². The number of rotatable bonds is 6. The van der Waals surface area contributed by atoms with E-state index >= 15 is 0 Å². The predicted octanol–water partition coefficient (Wildman–Crippen LogP) is 3.63. The number of aryl methyl sites for hydroxylation is 1. The van der Waals surface area contributed by atoms with Gasteiger partial charge < -0.3 is 10.1 Å². The van der Waals surface area contributed by atoms with Gasteiger partial charge in [-0.1, -0.05) is 30.3 Å². The Kier molecular flexibility index (Phi) is 6.02. The van der Waals surface area contributed by atoms with Crippen LogP contribution >= 0.6 is 11.3 Å². The minimum Gasteiger partial charge on any atom is -0.495 e. The lowest BCUT2D eigenvalue weighted by atomic mass is 10.1. The van der Waals surface area contributed by atoms with Crippen LogP contribution in [0.1, 0.15) is 14.7 Å². The number of nitrogens with one attached hydrogen (secondary N) is 1. The highest BCUT2D eigenvalue weighted by atomic mass is 32.2. The number of methoxy groups -OCH3 is 1. The summed E-state index contributed by atoms with van der Waals surface area (Å²) in [4.78, 5) is 18.0. The van der Waals surface area contributed by atoms with Crippen LogP contribution in [0.5, 0.6) is 5.75 Å². The molecule has 1 amide bonds. The van der Waals surface area contributed by atoms with E-state index < -0.39 is 10.0 Å². The Hall–Kier alpha value is -2.75. The van der Waals surface area contributed by atoms with Gasteiger partial charge in [-0.15, -0.1) is 11.3 Å². The third-order valence-electron chi connectivity index (χ3n) is 4.19. The number of aromatic nitrogens is 1. The first-order chi connectivity index (χ1) is 13.7. The van der Waals surface area contributed by atoms with Gasteiger partial charge in [0.1, 0.15) is 10.6 Å². The molecular weight excluding hydrogens is 410 g/mol. The Labute approximate surface area is 174 Å². The molecule has 2 aromatic carbocycles. The second-order valence-electron chi connectivity index (χ2n) is 6.38. The van der Waals surface area contributed by atoms with Gasteiger partial charge >= 0.3 is 0 Å². The summed E-state index contributed by atoms with van der Waals surface area (Å²) in [7, 11) is 0.698. The van der Waals surface area contributed by atoms with Crippen LogP contribution in [0.2, 0.25) is 0 Å². The third kappa shape index (κ3) is 4.31. The molecule has 0 saturated carbocycles. The molecule has 0 atom stereocenters. The SMILES string of the molecule is COc1ccc(S(=O)(=O)N(C)C)cc1NC(=O)c1sc(C)nc1-c1ccccc1. The topological polar surface area (TPSA) is 88.6 Å². The van der Waals surface area contributed by atoms with Crippen LogP contribution in [0, 0.1) is 6.92 Å². The van der Waals surface area contributed by atoms with Crippen LogP contribution in [0.3, 0.4) is 0 Å². The third-order valence-corrected chi connectivity index (χ3v) is 6.97. The summed E-state index contributed by atoms with van der Waals surface area (Å²) in [6, 6.07) is 13.8. The maximum atomic E-state index is 13.0. The molecule has 7 nitrogen and oxygen atoms in total. The van der Waals surface area contributed by atoms with Gasteiger partial charge in [-0.25, -0.2) is 17.7 Å². The van der Waals surface area contributed by atoms with Crippen molar-refractivity contribution in [3.05, 3.63) is 58.4 Å². The second kappa shape index (κ2) is 8.32. The lowest BCUT2D eigenvalue weighted by molar-refractivity contribution is 0.103. The number of benzene rings is 2. The number of thiazole rings is 1. The van der Waals surface area contributed by atoms with E-state index in [0.29, 0.717) is 16.3 Å². The molecule has 3 aromatic rings. The van der Waals surface area contributed by atoms with Gasteiger partial charge in [0.25, 0.3) is 5.91 Å². The molecule has 9 heteroatoms. The Balaban J connectivity index is 2.00. The maximum absolute atomic E-state index is 13.0. The molecule has 0 aliphatic rings. The summed E-state index contributed by atoms with van der Waals surface area (Å²) >= 11 is 1.27. The van der Waals surface area contributed by atoms with Crippen molar-refractivity contribution in [2.24, 2.45) is 0 Å². The molecule has 152 valence electrons. The molecule has 0 radical (unpaired) electrons. The highest BCUT2D eigenvalue weighted by Gasteiger charge is 2.22. The fraction of sp³-hybridized carbons (Fsp3) is 0.200. The highest BCUT2D eigenvalue weighted by molar-refractivity contribution is 7.89. The normalized spacial score (nSPS) is 11.5. The zero-order valence-corrected chi connectivity index (χ0v) is 18.1. The number of hydrogen-bond acceptors (Lipinski definition) is 6. The van der Waals surface area contributed by atoms with E-state index in [1.165, 1.54) is 50.7 Å². The first-order valence-electron chi connectivity index (χ1n) is 8.69. The molecule has 1 N–H and O–H groups in total. The van der Waals surface area contributed by atoms with Gasteiger partial charge in [0.2, 0.25) is 10.0 Å². The number of anilines is 1. The van der Waals surface area contributed by atoms with E-state index in [4.69, 9.17) is 4.74 Å². The average Bonchev–Trinajstić information content (AvgIpc) is 3.10. The monoisotopic (exact) mass is 431 g/mol. The summed E-state index contributed by atoms with van der Waals surface area (Å²) in [5.74, 6) is -0.0225. The lowest BCUT2D eigenvalue weighted by Gasteiger charge is -2.15. The van der Waals surface area contributed by atoms with E-state index in [9.17, 15) is 13.2 Å². The van der Waals surface area contributed by atoms with Crippen molar-refractivity contribution in [1.82, 2.24) is 9.29 Å². The van der Waals surface area contributed by atoms with Crippen LogP contribution < -0.4 is 10.1 Å². The van der Waals surface area contributed by atoms with Gasteiger partial charge in [0.05, 0.1) is 28.4 Å². The summed E-state index contributed by atoms with van der Waals surface area (Å²) < 4.78 is 31.3. The van der Waals surface area contributed by atoms with E-state index in [0.717, 1.165) is 14.9 Å². The van der Waals surface area contributed by atoms with Gasteiger partial charge in [0.15, 0.2) is 0 Å². The van der Waals surface area contributed by atoms with E-state index in [2.05, 4.69) is 10.3 Å². The number of carbonyl (C=O) groups is 1. The summed E-state index contributed by atoms with van der Waals surface area (Å²) in [5.41, 5.74) is 1.69. The molecule has 0 spiro atoms. The van der Waals surface area contributed by atoms with E-state index in [1.54, 1.807) is 0 Å². The minimum absolute atomic E-state index is 0.0577. The predicted molar refractivity (Wildman–Crippen MR) is 114 cm³/mol. The first-order valence-corrected chi connectivity index (χ1v) is 10.9. The van der Waals surface area contributed by atoms with Gasteiger partial charge in [0, 0.05) is 19.7 Å². The molecule has 0 bridgehead atoms. The van der Waals surface area contributed by atoms with Crippen LogP contribution in [0.15, 0.2) is 53.4 Å². The average molecular weight is 432 g/mol. The van der Waals surface area contributed by atoms with Crippen molar-refractivity contribution in [3.8, 4) is 17.0 Å². The molecule has 29 heavy (non-hydrogen) atoms. The molecule has 0 aliphatic carbocycles. The Morgan fingerprint density at radius 3 is 2.45 bits per heavy atom. The van der Waals surface area contributed by atoms with E-state index in [-0.39, 0.29) is 16.5 Å². The van der Waals surface area contributed by atoms with Crippen molar-refractivity contribution < 1.29 is 17.9 Å². The number of amides is 1. The van der Waals surface area contributed by atoms with Gasteiger partial charge in [-0.05, 0) is 25.1 Å². The summed E-state index contributed by atoms with van der Waals surface area (Å²) in [5, 5.41) is 3.53. The quantitative estimate of drug-likeness (QED) is 0.644. The van der Waals surface area contributed by atoms with Crippen molar-refractivity contribution in [2.45, 2.75) is 11.8 Å². The largest absolute Gasteiger partial charge is 0.495 e. The van der Waals surface area contributed by atoms with Crippen molar-refractivity contribution in [2.75, 3.05) is 26.5 Å². The van der Waals surface area contributed by atoms with Crippen LogP contribution in [-0.2, 0) is 10.0 Å². The lowest BCUT2D eigenvalue weighted by Crippen LogP contribution is -2.22. The zero-order valence-electron chi connectivity index (χ0n) is 16.5. The zero-order chi connectivity index (χ0) is 21.2. The molecule has 1 heterocycles. The number of nitrogens with zero attached hydrogens (tertiary/aromatic N) is 2.